The minimum Gasteiger partial charge on any atom is -0.310 e. The number of aromatic nitrogens is 1. The fourth-order valence-corrected chi connectivity index (χ4v) is 9.97. The molecule has 282 valence electrons. The largest absolute Gasteiger partial charge is 0.310 e. The highest BCUT2D eigenvalue weighted by Crippen LogP contribution is 2.46. The second kappa shape index (κ2) is 14.0. The minimum atomic E-state index is 0.337. The van der Waals surface area contributed by atoms with Crippen molar-refractivity contribution in [1.82, 2.24) is 4.57 Å². The summed E-state index contributed by atoms with van der Waals surface area (Å²) >= 11 is 0. The zero-order valence-electron chi connectivity index (χ0n) is 33.0. The van der Waals surface area contributed by atoms with Gasteiger partial charge in [-0.2, -0.15) is 0 Å². The molecule has 0 fully saturated rings. The number of nitrogens with zero attached hydrogens (tertiary/aromatic N) is 2. The lowest BCUT2D eigenvalue weighted by Gasteiger charge is -2.35. The van der Waals surface area contributed by atoms with Crippen molar-refractivity contribution in [2.24, 2.45) is 5.92 Å². The lowest BCUT2D eigenvalue weighted by Crippen LogP contribution is -2.23. The van der Waals surface area contributed by atoms with Crippen molar-refractivity contribution in [2.45, 2.75) is 6.42 Å². The molecule has 2 aliphatic rings. The molecule has 10 aromatic rings. The molecule has 0 radical (unpaired) electrons. The number of anilines is 2. The lowest BCUT2D eigenvalue weighted by molar-refractivity contribution is 0.759. The highest BCUT2D eigenvalue weighted by atomic mass is 15.2. The van der Waals surface area contributed by atoms with Crippen molar-refractivity contribution in [3.05, 3.63) is 236 Å². The van der Waals surface area contributed by atoms with E-state index in [0.717, 1.165) is 17.8 Å². The molecule has 0 bridgehead atoms. The summed E-state index contributed by atoms with van der Waals surface area (Å²) in [7, 11) is 0. The van der Waals surface area contributed by atoms with Crippen molar-refractivity contribution in [1.29, 1.82) is 0 Å². The Hall–Kier alpha value is -7.68. The zero-order valence-corrected chi connectivity index (χ0v) is 33.0. The van der Waals surface area contributed by atoms with Crippen LogP contribution in [0.15, 0.2) is 236 Å². The molecular weight excluding hydrogens is 725 g/mol. The number of hydrogen-bond acceptors (Lipinski definition) is 1. The van der Waals surface area contributed by atoms with Gasteiger partial charge in [0.05, 0.1) is 22.4 Å². The Balaban J connectivity index is 1.05. The van der Waals surface area contributed by atoms with E-state index < -0.39 is 0 Å². The fraction of sp³-hybridized carbons (Fsp3) is 0.0345. The Morgan fingerprint density at radius 3 is 1.83 bits per heavy atom. The van der Waals surface area contributed by atoms with Gasteiger partial charge in [0, 0.05) is 39.0 Å². The molecule has 1 unspecified atom stereocenters. The number of allylic oxidation sites excluding steroid dienone is 7. The first-order chi connectivity index (χ1) is 29.8. The molecule has 0 amide bonds. The van der Waals surface area contributed by atoms with E-state index in [1.165, 1.54) is 93.3 Å². The molecule has 1 aromatic heterocycles. The van der Waals surface area contributed by atoms with Gasteiger partial charge in [0.2, 0.25) is 0 Å². The van der Waals surface area contributed by atoms with Gasteiger partial charge in [-0.1, -0.05) is 176 Å². The Morgan fingerprint density at radius 1 is 0.450 bits per heavy atom. The van der Waals surface area contributed by atoms with Gasteiger partial charge in [-0.25, -0.2) is 0 Å². The molecule has 2 nitrogen and oxygen atoms in total. The topological polar surface area (TPSA) is 8.17 Å². The van der Waals surface area contributed by atoms with Gasteiger partial charge in [-0.05, 0) is 104 Å². The van der Waals surface area contributed by atoms with Crippen LogP contribution in [0.2, 0.25) is 0 Å². The van der Waals surface area contributed by atoms with Crippen molar-refractivity contribution in [3.63, 3.8) is 0 Å². The second-order valence-corrected chi connectivity index (χ2v) is 16.0. The van der Waals surface area contributed by atoms with Crippen LogP contribution in [-0.4, -0.2) is 4.57 Å². The molecule has 2 aliphatic carbocycles. The molecule has 1 atom stereocenters. The van der Waals surface area contributed by atoms with Gasteiger partial charge in [0.25, 0.3) is 0 Å². The summed E-state index contributed by atoms with van der Waals surface area (Å²) in [6, 6.07) is 69.2. The van der Waals surface area contributed by atoms with E-state index in [9.17, 15) is 0 Å². The average Bonchev–Trinajstić information content (AvgIpc) is 3.66. The molecule has 0 aliphatic heterocycles. The van der Waals surface area contributed by atoms with Crippen molar-refractivity contribution < 1.29 is 0 Å². The quantitative estimate of drug-likeness (QED) is 0.153. The standard InChI is InChI=1S/C58H40N2/c1-4-20-44-39(16-1)18-15-31-54(44)59(42-34-32-40(33-35-42)53-38-41-17-2-3-19-43(41)45-21-5-6-23-47(45)53)58-37-36-48(46-22-7-8-24-49(46)58)50-25-9-12-28-55(50)60-56-29-13-10-26-51(56)52-27-11-14-30-57(52)60/h1-15,17-39H,16H2. The highest BCUT2D eigenvalue weighted by molar-refractivity contribution is 6.14. The van der Waals surface area contributed by atoms with Gasteiger partial charge < -0.3 is 9.47 Å². The third-order valence-corrected chi connectivity index (χ3v) is 12.7. The van der Waals surface area contributed by atoms with E-state index in [1.807, 2.05) is 0 Å². The molecule has 1 heterocycles. The molecule has 0 spiro atoms. The summed E-state index contributed by atoms with van der Waals surface area (Å²) in [5.41, 5.74) is 13.3. The number of benzene rings is 9. The van der Waals surface area contributed by atoms with E-state index in [-0.39, 0.29) is 0 Å². The second-order valence-electron chi connectivity index (χ2n) is 16.0. The predicted molar refractivity (Wildman–Crippen MR) is 255 cm³/mol. The summed E-state index contributed by atoms with van der Waals surface area (Å²) in [4.78, 5) is 2.49. The summed E-state index contributed by atoms with van der Waals surface area (Å²) in [5.74, 6) is 0.337. The Bertz CT molecular complexity index is 3410. The summed E-state index contributed by atoms with van der Waals surface area (Å²) < 4.78 is 2.44. The van der Waals surface area contributed by atoms with Crippen LogP contribution in [0.3, 0.4) is 0 Å². The van der Waals surface area contributed by atoms with E-state index >= 15 is 0 Å². The Morgan fingerprint density at radius 2 is 1.07 bits per heavy atom. The first-order valence-corrected chi connectivity index (χ1v) is 21.0. The summed E-state index contributed by atoms with van der Waals surface area (Å²) in [5, 5.41) is 10.0. The van der Waals surface area contributed by atoms with Crippen LogP contribution in [0.1, 0.15) is 6.42 Å². The molecule has 9 aromatic carbocycles. The maximum absolute atomic E-state index is 2.49. The van der Waals surface area contributed by atoms with Crippen LogP contribution in [0.25, 0.3) is 82.1 Å². The molecular formula is C58H40N2. The van der Waals surface area contributed by atoms with Crippen molar-refractivity contribution in [2.75, 3.05) is 4.90 Å². The molecule has 2 heteroatoms. The van der Waals surface area contributed by atoms with Crippen molar-refractivity contribution >= 4 is 65.5 Å². The summed E-state index contributed by atoms with van der Waals surface area (Å²) in [6.45, 7) is 0. The number of hydrogen-bond donors (Lipinski definition) is 0. The van der Waals surface area contributed by atoms with Gasteiger partial charge in [0.1, 0.15) is 0 Å². The van der Waals surface area contributed by atoms with Crippen LogP contribution < -0.4 is 4.90 Å². The molecule has 0 saturated heterocycles. The highest BCUT2D eigenvalue weighted by Gasteiger charge is 2.27. The Labute approximate surface area is 349 Å². The maximum atomic E-state index is 2.49. The van der Waals surface area contributed by atoms with Gasteiger partial charge in [-0.15, -0.1) is 0 Å². The lowest BCUT2D eigenvalue weighted by atomic mass is 9.85. The monoisotopic (exact) mass is 764 g/mol. The van der Waals surface area contributed by atoms with E-state index in [1.54, 1.807) is 0 Å². The van der Waals surface area contributed by atoms with E-state index in [4.69, 9.17) is 0 Å². The van der Waals surface area contributed by atoms with Crippen LogP contribution in [-0.2, 0) is 0 Å². The SMILES string of the molecule is C1=CCC2C=CC=C(N(c3ccc(-c4cc5ccccc5c5ccccc45)cc3)c3ccc(-c4ccccc4-n4c5ccccc5c5ccccc54)c4ccccc34)C2=C1. The van der Waals surface area contributed by atoms with Gasteiger partial charge in [0.15, 0.2) is 0 Å². The van der Waals surface area contributed by atoms with E-state index in [2.05, 4.69) is 234 Å². The summed E-state index contributed by atoms with van der Waals surface area (Å²) in [6.07, 6.45) is 14.7. The first-order valence-electron chi connectivity index (χ1n) is 21.0. The van der Waals surface area contributed by atoms with Gasteiger partial charge in [-0.3, -0.25) is 0 Å². The molecule has 0 saturated carbocycles. The fourth-order valence-electron chi connectivity index (χ4n) is 9.97. The predicted octanol–water partition coefficient (Wildman–Crippen LogP) is 15.7. The molecule has 12 rings (SSSR count). The normalized spacial score (nSPS) is 14.8. The van der Waals surface area contributed by atoms with Crippen LogP contribution in [0.5, 0.6) is 0 Å². The Kier molecular flexibility index (Phi) is 8.02. The van der Waals surface area contributed by atoms with Crippen LogP contribution in [0, 0.1) is 5.92 Å². The van der Waals surface area contributed by atoms with Crippen molar-refractivity contribution in [3.8, 4) is 27.9 Å². The van der Waals surface area contributed by atoms with Gasteiger partial charge >= 0.3 is 0 Å². The maximum Gasteiger partial charge on any atom is 0.0541 e. The zero-order chi connectivity index (χ0) is 39.6. The average molecular weight is 765 g/mol. The van der Waals surface area contributed by atoms with E-state index in [0.29, 0.717) is 5.92 Å². The first kappa shape index (κ1) is 34.4. The molecule has 0 N–H and O–H groups in total. The number of fused-ring (bicyclic) bond motifs is 8. The third-order valence-electron chi connectivity index (χ3n) is 12.7. The molecule has 60 heavy (non-hydrogen) atoms. The number of para-hydroxylation sites is 3. The smallest absolute Gasteiger partial charge is 0.0541 e. The minimum absolute atomic E-state index is 0.337. The van der Waals surface area contributed by atoms with Crippen LogP contribution >= 0.6 is 0 Å². The van der Waals surface area contributed by atoms with Crippen LogP contribution in [0.4, 0.5) is 11.4 Å². The number of rotatable bonds is 6. The third kappa shape index (κ3) is 5.42.